The van der Waals surface area contributed by atoms with Gasteiger partial charge in [0.05, 0.1) is 12.2 Å². The maximum absolute atomic E-state index is 15.2. The van der Waals surface area contributed by atoms with Crippen molar-refractivity contribution >= 4 is 17.6 Å². The van der Waals surface area contributed by atoms with Crippen LogP contribution in [0.1, 0.15) is 73.4 Å². The summed E-state index contributed by atoms with van der Waals surface area (Å²) in [6.45, 7) is 6.80. The summed E-state index contributed by atoms with van der Waals surface area (Å²) in [6.07, 6.45) is 3.93. The molecule has 5 rings (SSSR count). The zero-order valence-corrected chi connectivity index (χ0v) is 23.3. The number of piperidine rings is 1. The Bertz CT molecular complexity index is 1340. The lowest BCUT2D eigenvalue weighted by Gasteiger charge is -2.32. The van der Waals surface area contributed by atoms with Crippen LogP contribution < -0.4 is 10.1 Å². The Hall–Kier alpha value is -3.53. The number of rotatable bonds is 10. The Morgan fingerprint density at radius 2 is 1.80 bits per heavy atom. The molecule has 2 aliphatic heterocycles. The molecule has 41 heavy (non-hydrogen) atoms. The van der Waals surface area contributed by atoms with Crippen LogP contribution in [-0.2, 0) is 11.3 Å². The van der Waals surface area contributed by atoms with E-state index in [4.69, 9.17) is 4.74 Å². The standard InChI is InChI=1S/C31H36F3N3O4/c1-18(2)35-27-6-5-22(32)11-21(27)15-36-9-7-19(8-10-36)17-41-29-14-26(34)25(13-24(29)20-3-4-20)30(38)37-16-23(33)12-28(37)31(39)40/h5-6,11,13-14,16,18-20,28,35H,3-4,7-10,12,15,17H2,1-2H3,(H,39,40)/t28-/m0/s1. The first-order valence-electron chi connectivity index (χ1n) is 14.2. The van der Waals surface area contributed by atoms with Gasteiger partial charge in [-0.15, -0.1) is 0 Å². The quantitative estimate of drug-likeness (QED) is 0.361. The summed E-state index contributed by atoms with van der Waals surface area (Å²) in [5, 5.41) is 12.8. The van der Waals surface area contributed by atoms with Crippen LogP contribution in [0.2, 0.25) is 0 Å². The summed E-state index contributed by atoms with van der Waals surface area (Å²) in [5.41, 5.74) is 2.30. The topological polar surface area (TPSA) is 82.1 Å². The Balaban J connectivity index is 1.21. The normalized spacial score (nSPS) is 19.9. The van der Waals surface area contributed by atoms with Crippen molar-refractivity contribution in [3.8, 4) is 5.75 Å². The summed E-state index contributed by atoms with van der Waals surface area (Å²) < 4.78 is 49.0. The van der Waals surface area contributed by atoms with Crippen LogP contribution in [0.4, 0.5) is 18.9 Å². The van der Waals surface area contributed by atoms with Crippen molar-refractivity contribution in [3.63, 3.8) is 0 Å². The number of halogens is 3. The van der Waals surface area contributed by atoms with E-state index in [1.807, 2.05) is 13.8 Å². The molecule has 7 nitrogen and oxygen atoms in total. The molecule has 10 heteroatoms. The Morgan fingerprint density at radius 1 is 1.07 bits per heavy atom. The predicted octanol–water partition coefficient (Wildman–Crippen LogP) is 6.06. The molecule has 1 saturated heterocycles. The van der Waals surface area contributed by atoms with Gasteiger partial charge in [0.25, 0.3) is 5.91 Å². The minimum atomic E-state index is -1.40. The van der Waals surface area contributed by atoms with Gasteiger partial charge in [-0.3, -0.25) is 14.6 Å². The number of ether oxygens (including phenoxy) is 1. The van der Waals surface area contributed by atoms with Crippen LogP contribution in [0, 0.1) is 17.6 Å². The van der Waals surface area contributed by atoms with E-state index in [2.05, 4.69) is 10.2 Å². The van der Waals surface area contributed by atoms with Gasteiger partial charge >= 0.3 is 5.97 Å². The third kappa shape index (κ3) is 6.86. The van der Waals surface area contributed by atoms with Gasteiger partial charge in [-0.05, 0) is 99.8 Å². The van der Waals surface area contributed by atoms with Crippen LogP contribution >= 0.6 is 0 Å². The second-order valence-corrected chi connectivity index (χ2v) is 11.6. The third-order valence-corrected chi connectivity index (χ3v) is 7.96. The number of likely N-dealkylation sites (tertiary alicyclic amines) is 1. The van der Waals surface area contributed by atoms with Crippen molar-refractivity contribution in [1.29, 1.82) is 0 Å². The van der Waals surface area contributed by atoms with Crippen LogP contribution in [0.25, 0.3) is 0 Å². The van der Waals surface area contributed by atoms with E-state index in [-0.39, 0.29) is 29.3 Å². The second kappa shape index (κ2) is 12.1. The molecule has 0 bridgehead atoms. The predicted molar refractivity (Wildman–Crippen MR) is 148 cm³/mol. The van der Waals surface area contributed by atoms with Crippen molar-refractivity contribution in [1.82, 2.24) is 9.80 Å². The van der Waals surface area contributed by atoms with Crippen LogP contribution in [0.15, 0.2) is 42.4 Å². The largest absolute Gasteiger partial charge is 0.493 e. The number of amides is 1. The maximum Gasteiger partial charge on any atom is 0.327 e. The zero-order valence-electron chi connectivity index (χ0n) is 23.3. The number of hydrogen-bond donors (Lipinski definition) is 2. The fraction of sp³-hybridized carbons (Fsp3) is 0.484. The Kier molecular flexibility index (Phi) is 8.58. The van der Waals surface area contributed by atoms with Gasteiger partial charge in [-0.1, -0.05) is 0 Å². The van der Waals surface area contributed by atoms with E-state index in [1.165, 1.54) is 18.2 Å². The number of carboxylic acids is 1. The minimum Gasteiger partial charge on any atom is -0.493 e. The van der Waals surface area contributed by atoms with E-state index in [0.717, 1.165) is 66.7 Å². The summed E-state index contributed by atoms with van der Waals surface area (Å²) in [5.74, 6) is -3.25. The highest BCUT2D eigenvalue weighted by molar-refractivity contribution is 5.98. The first-order valence-corrected chi connectivity index (χ1v) is 14.2. The Labute approximate surface area is 238 Å². The molecular formula is C31H36F3N3O4. The summed E-state index contributed by atoms with van der Waals surface area (Å²) in [7, 11) is 0. The molecule has 220 valence electrons. The number of carbonyl (C=O) groups is 2. The van der Waals surface area contributed by atoms with Gasteiger partial charge in [-0.25, -0.2) is 18.0 Å². The molecule has 0 unspecified atom stereocenters. The molecule has 0 spiro atoms. The molecule has 0 radical (unpaired) electrons. The van der Waals surface area contributed by atoms with E-state index in [1.54, 1.807) is 12.1 Å². The number of nitrogens with zero attached hydrogens (tertiary/aromatic N) is 2. The van der Waals surface area contributed by atoms with Gasteiger partial charge in [0, 0.05) is 37.0 Å². The molecule has 1 atom stereocenters. The lowest BCUT2D eigenvalue weighted by atomic mass is 9.97. The third-order valence-electron chi connectivity index (χ3n) is 7.96. The van der Waals surface area contributed by atoms with Crippen molar-refractivity contribution in [2.75, 3.05) is 25.0 Å². The molecule has 2 aromatic rings. The molecule has 1 amide bonds. The highest BCUT2D eigenvalue weighted by atomic mass is 19.1. The number of nitrogens with one attached hydrogen (secondary N) is 1. The molecule has 1 aliphatic carbocycles. The fourth-order valence-electron chi connectivity index (χ4n) is 5.60. The van der Waals surface area contributed by atoms with Crippen LogP contribution in [-0.4, -0.2) is 58.6 Å². The van der Waals surface area contributed by atoms with Gasteiger partial charge in [0.2, 0.25) is 0 Å². The summed E-state index contributed by atoms with van der Waals surface area (Å²) in [4.78, 5) is 27.6. The molecule has 1 saturated carbocycles. The first kappa shape index (κ1) is 29.0. The van der Waals surface area contributed by atoms with Gasteiger partial charge < -0.3 is 15.2 Å². The molecule has 3 aliphatic rings. The lowest BCUT2D eigenvalue weighted by molar-refractivity contribution is -0.141. The smallest absolute Gasteiger partial charge is 0.327 e. The zero-order chi connectivity index (χ0) is 29.3. The van der Waals surface area contributed by atoms with Crippen molar-refractivity contribution in [2.45, 2.75) is 70.5 Å². The average molecular weight is 572 g/mol. The summed E-state index contributed by atoms with van der Waals surface area (Å²) in [6, 6.07) is 6.32. The van der Waals surface area contributed by atoms with Gasteiger partial charge in [-0.2, -0.15) is 0 Å². The SMILES string of the molecule is CC(C)Nc1ccc(F)cc1CN1CCC(COc2cc(F)c(C(=O)N3C=C(F)C[C@H]3C(=O)O)cc2C2CC2)CC1. The molecule has 0 aromatic heterocycles. The van der Waals surface area contributed by atoms with Gasteiger partial charge in [0.1, 0.15) is 29.3 Å². The van der Waals surface area contributed by atoms with Crippen LogP contribution in [0.3, 0.4) is 0 Å². The van der Waals surface area contributed by atoms with Crippen molar-refractivity contribution in [3.05, 3.63) is 70.7 Å². The number of anilines is 1. The van der Waals surface area contributed by atoms with E-state index < -0.39 is 36.0 Å². The highest BCUT2D eigenvalue weighted by Gasteiger charge is 2.37. The molecular weight excluding hydrogens is 535 g/mol. The van der Waals surface area contributed by atoms with E-state index >= 15 is 4.39 Å². The monoisotopic (exact) mass is 571 g/mol. The van der Waals surface area contributed by atoms with E-state index in [0.29, 0.717) is 18.9 Å². The van der Waals surface area contributed by atoms with Crippen molar-refractivity contribution in [2.24, 2.45) is 5.92 Å². The van der Waals surface area contributed by atoms with Gasteiger partial charge in [0.15, 0.2) is 0 Å². The lowest BCUT2D eigenvalue weighted by Crippen LogP contribution is -2.39. The molecule has 2 aromatic carbocycles. The second-order valence-electron chi connectivity index (χ2n) is 11.6. The average Bonchev–Trinajstić information content (AvgIpc) is 3.69. The number of hydrogen-bond acceptors (Lipinski definition) is 5. The molecule has 2 N–H and O–H groups in total. The molecule has 2 heterocycles. The minimum absolute atomic E-state index is 0.139. The number of aliphatic carboxylic acids is 1. The van der Waals surface area contributed by atoms with Crippen LogP contribution in [0.5, 0.6) is 5.75 Å². The fourth-order valence-corrected chi connectivity index (χ4v) is 5.60. The summed E-state index contributed by atoms with van der Waals surface area (Å²) >= 11 is 0. The molecule has 2 fully saturated rings. The number of carboxylic acid groups (broad SMARTS) is 1. The van der Waals surface area contributed by atoms with E-state index in [9.17, 15) is 23.5 Å². The first-order chi connectivity index (χ1) is 19.6. The number of carbonyl (C=O) groups excluding carboxylic acids is 1. The number of benzene rings is 2. The Morgan fingerprint density at radius 3 is 2.46 bits per heavy atom. The maximum atomic E-state index is 15.2. The van der Waals surface area contributed by atoms with Crippen molar-refractivity contribution < 1.29 is 32.6 Å². The highest BCUT2D eigenvalue weighted by Crippen LogP contribution is 2.45.